The predicted molar refractivity (Wildman–Crippen MR) is 132 cm³/mol. The second-order valence-electron chi connectivity index (χ2n) is 7.27. The molecular formula is C27H27NO4S. The van der Waals surface area contributed by atoms with Gasteiger partial charge < -0.3 is 19.1 Å². The van der Waals surface area contributed by atoms with Crippen molar-refractivity contribution in [1.29, 1.82) is 0 Å². The number of hydrogen-bond donors (Lipinski definition) is 0. The van der Waals surface area contributed by atoms with Gasteiger partial charge in [-0.25, -0.2) is 4.79 Å². The van der Waals surface area contributed by atoms with E-state index in [-0.39, 0.29) is 5.76 Å². The van der Waals surface area contributed by atoms with Crippen molar-refractivity contribution in [1.82, 2.24) is 0 Å². The Morgan fingerprint density at radius 1 is 0.848 bits per heavy atom. The molecule has 0 saturated heterocycles. The van der Waals surface area contributed by atoms with Crippen LogP contribution in [0.15, 0.2) is 88.3 Å². The molecule has 0 radical (unpaired) electrons. The number of fused-ring (bicyclic) bond motifs is 2. The van der Waals surface area contributed by atoms with Crippen LogP contribution < -0.4 is 9.64 Å². The van der Waals surface area contributed by atoms with E-state index in [2.05, 4.69) is 53.4 Å². The molecule has 0 aromatic heterocycles. The van der Waals surface area contributed by atoms with Gasteiger partial charge in [-0.2, -0.15) is 0 Å². The molecule has 1 aliphatic rings. The highest BCUT2D eigenvalue weighted by Crippen LogP contribution is 2.47. The third-order valence-corrected chi connectivity index (χ3v) is 6.20. The van der Waals surface area contributed by atoms with E-state index in [1.807, 2.05) is 31.2 Å². The molecule has 5 nitrogen and oxygen atoms in total. The zero-order valence-corrected chi connectivity index (χ0v) is 19.6. The predicted octanol–water partition coefficient (Wildman–Crippen LogP) is 6.31. The number of rotatable bonds is 9. The molecule has 33 heavy (non-hydrogen) atoms. The van der Waals surface area contributed by atoms with Gasteiger partial charge in [-0.05, 0) is 61.9 Å². The lowest BCUT2D eigenvalue weighted by Crippen LogP contribution is -2.26. The van der Waals surface area contributed by atoms with Crippen molar-refractivity contribution in [2.45, 2.75) is 23.6 Å². The summed E-state index contributed by atoms with van der Waals surface area (Å²) in [4.78, 5) is 16.8. The zero-order valence-electron chi connectivity index (χ0n) is 18.8. The van der Waals surface area contributed by atoms with Crippen LogP contribution in [0.3, 0.4) is 0 Å². The Kier molecular flexibility index (Phi) is 7.58. The van der Waals surface area contributed by atoms with Crippen molar-refractivity contribution in [3.05, 3.63) is 84.1 Å². The highest BCUT2D eigenvalue weighted by atomic mass is 32.2. The van der Waals surface area contributed by atoms with Gasteiger partial charge in [0.1, 0.15) is 12.4 Å². The number of carbonyl (C=O) groups excluding carboxylic acids is 1. The SMILES string of the molecule is CCOC(=O)/C(=C\c1ccc(OCCN2c3ccccc3Sc3ccccc32)cc1)OCC. The topological polar surface area (TPSA) is 48.0 Å². The third-order valence-electron chi connectivity index (χ3n) is 5.07. The highest BCUT2D eigenvalue weighted by molar-refractivity contribution is 7.99. The van der Waals surface area contributed by atoms with E-state index in [0.29, 0.717) is 19.8 Å². The summed E-state index contributed by atoms with van der Waals surface area (Å²) in [6.07, 6.45) is 1.69. The fourth-order valence-corrected chi connectivity index (χ4v) is 4.70. The van der Waals surface area contributed by atoms with Gasteiger partial charge in [0.15, 0.2) is 0 Å². The second kappa shape index (κ2) is 11.0. The first-order valence-corrected chi connectivity index (χ1v) is 11.9. The first-order chi connectivity index (χ1) is 16.2. The summed E-state index contributed by atoms with van der Waals surface area (Å²) in [5, 5.41) is 0. The number of esters is 1. The molecule has 0 amide bonds. The van der Waals surface area contributed by atoms with Crippen LogP contribution in [0.4, 0.5) is 11.4 Å². The van der Waals surface area contributed by atoms with Crippen LogP contribution in [-0.4, -0.2) is 32.3 Å². The van der Waals surface area contributed by atoms with Crippen LogP contribution in [0.2, 0.25) is 0 Å². The maximum atomic E-state index is 12.0. The molecule has 170 valence electrons. The minimum atomic E-state index is -0.458. The van der Waals surface area contributed by atoms with Gasteiger partial charge in [-0.1, -0.05) is 48.2 Å². The minimum absolute atomic E-state index is 0.202. The molecule has 6 heteroatoms. The smallest absolute Gasteiger partial charge is 0.373 e. The number of ether oxygens (including phenoxy) is 3. The van der Waals surface area contributed by atoms with Gasteiger partial charge in [0, 0.05) is 9.79 Å². The Hall–Kier alpha value is -3.38. The first kappa shape index (κ1) is 22.8. The lowest BCUT2D eigenvalue weighted by molar-refractivity contribution is -0.142. The fourth-order valence-electron chi connectivity index (χ4n) is 3.61. The average molecular weight is 462 g/mol. The molecule has 1 heterocycles. The lowest BCUT2D eigenvalue weighted by atomic mass is 10.2. The van der Waals surface area contributed by atoms with Gasteiger partial charge in [0.2, 0.25) is 5.76 Å². The van der Waals surface area contributed by atoms with E-state index in [4.69, 9.17) is 14.2 Å². The number of benzene rings is 3. The Morgan fingerprint density at radius 3 is 2.06 bits per heavy atom. The van der Waals surface area contributed by atoms with Gasteiger partial charge in [0.25, 0.3) is 0 Å². The number of nitrogens with zero attached hydrogens (tertiary/aromatic N) is 1. The molecule has 0 bridgehead atoms. The summed E-state index contributed by atoms with van der Waals surface area (Å²) in [6, 6.07) is 24.5. The quantitative estimate of drug-likeness (QED) is 0.211. The second-order valence-corrected chi connectivity index (χ2v) is 8.35. The van der Waals surface area contributed by atoms with Crippen LogP contribution in [-0.2, 0) is 14.3 Å². The Balaban J connectivity index is 1.42. The summed E-state index contributed by atoms with van der Waals surface area (Å²) in [5.74, 6) is 0.516. The molecule has 3 aromatic rings. The van der Waals surface area contributed by atoms with Crippen molar-refractivity contribution >= 4 is 35.2 Å². The highest BCUT2D eigenvalue weighted by Gasteiger charge is 2.22. The molecule has 3 aromatic carbocycles. The Labute approximate surface area is 199 Å². The standard InChI is InChI=1S/C27H27NO4S/c1-3-30-24(27(29)31-4-2)19-20-13-15-21(16-14-20)32-18-17-28-22-9-5-7-11-25(22)33-26-12-8-6-10-23(26)28/h5-16,19H,3-4,17-18H2,1-2H3/b24-19+. The number of para-hydroxylation sites is 2. The molecule has 0 spiro atoms. The normalized spacial score (nSPS) is 12.5. The van der Waals surface area contributed by atoms with Gasteiger partial charge >= 0.3 is 5.97 Å². The maximum absolute atomic E-state index is 12.0. The van der Waals surface area contributed by atoms with Crippen molar-refractivity contribution < 1.29 is 19.0 Å². The third kappa shape index (κ3) is 5.52. The largest absolute Gasteiger partial charge is 0.492 e. The monoisotopic (exact) mass is 461 g/mol. The number of carbonyl (C=O) groups is 1. The van der Waals surface area contributed by atoms with Crippen LogP contribution in [0.1, 0.15) is 19.4 Å². The molecule has 0 unspecified atom stereocenters. The van der Waals surface area contributed by atoms with Crippen molar-refractivity contribution in [2.75, 3.05) is 31.3 Å². The summed E-state index contributed by atoms with van der Waals surface area (Å²) in [5.41, 5.74) is 3.25. The molecule has 4 rings (SSSR count). The van der Waals surface area contributed by atoms with E-state index >= 15 is 0 Å². The van der Waals surface area contributed by atoms with Crippen LogP contribution in [0.5, 0.6) is 5.75 Å². The minimum Gasteiger partial charge on any atom is -0.492 e. The maximum Gasteiger partial charge on any atom is 0.373 e. The molecule has 0 saturated carbocycles. The van der Waals surface area contributed by atoms with Crippen molar-refractivity contribution in [3.63, 3.8) is 0 Å². The molecule has 0 N–H and O–H groups in total. The Bertz CT molecular complexity index is 1080. The average Bonchev–Trinajstić information content (AvgIpc) is 2.84. The summed E-state index contributed by atoms with van der Waals surface area (Å²) in [7, 11) is 0. The van der Waals surface area contributed by atoms with Crippen LogP contribution in [0, 0.1) is 0 Å². The van der Waals surface area contributed by atoms with Crippen LogP contribution >= 0.6 is 11.8 Å². The van der Waals surface area contributed by atoms with Gasteiger partial charge in [-0.3, -0.25) is 0 Å². The molecule has 0 aliphatic carbocycles. The summed E-state index contributed by atoms with van der Waals surface area (Å²) < 4.78 is 16.5. The van der Waals surface area contributed by atoms with E-state index in [1.54, 1.807) is 24.8 Å². The van der Waals surface area contributed by atoms with Crippen molar-refractivity contribution in [2.24, 2.45) is 0 Å². The van der Waals surface area contributed by atoms with E-state index < -0.39 is 5.97 Å². The molecular weight excluding hydrogens is 434 g/mol. The summed E-state index contributed by atoms with van der Waals surface area (Å²) >= 11 is 1.80. The zero-order chi connectivity index (χ0) is 23.0. The fraction of sp³-hybridized carbons (Fsp3) is 0.222. The van der Waals surface area contributed by atoms with E-state index in [1.165, 1.54) is 21.2 Å². The van der Waals surface area contributed by atoms with Crippen LogP contribution in [0.25, 0.3) is 6.08 Å². The molecule has 0 fully saturated rings. The van der Waals surface area contributed by atoms with E-state index in [0.717, 1.165) is 17.9 Å². The first-order valence-electron chi connectivity index (χ1n) is 11.1. The number of anilines is 2. The van der Waals surface area contributed by atoms with Gasteiger partial charge in [-0.15, -0.1) is 0 Å². The lowest BCUT2D eigenvalue weighted by Gasteiger charge is -2.32. The van der Waals surface area contributed by atoms with E-state index in [9.17, 15) is 4.79 Å². The number of hydrogen-bond acceptors (Lipinski definition) is 6. The molecule has 0 atom stereocenters. The van der Waals surface area contributed by atoms with Crippen molar-refractivity contribution in [3.8, 4) is 5.75 Å². The summed E-state index contributed by atoms with van der Waals surface area (Å²) in [6.45, 7) is 5.58. The Morgan fingerprint density at radius 2 is 1.45 bits per heavy atom. The molecule has 1 aliphatic heterocycles. The van der Waals surface area contributed by atoms with Gasteiger partial charge in [0.05, 0.1) is 31.1 Å².